The Balaban J connectivity index is 0.000000312. The highest BCUT2D eigenvalue weighted by atomic mass is 32.1. The monoisotopic (exact) mass is 789 g/mol. The van der Waals surface area contributed by atoms with Gasteiger partial charge in [0.05, 0.1) is 0 Å². The molecule has 6 unspecified atom stereocenters. The number of nitrogens with one attached hydrogen (secondary N) is 1. The number of fused-ring (bicyclic) bond motifs is 5. The molecule has 2 aliphatic heterocycles. The molecule has 2 heterocycles. The van der Waals surface area contributed by atoms with E-state index in [1.807, 2.05) is 19.1 Å². The first-order valence-corrected chi connectivity index (χ1v) is 21.4. The number of aryl methyl sites for hydroxylation is 1. The Bertz CT molecular complexity index is 1410. The zero-order valence-electron chi connectivity index (χ0n) is 34.2. The number of alkyl halides is 4. The van der Waals surface area contributed by atoms with Gasteiger partial charge in [-0.3, -0.25) is 4.79 Å². The Hall–Kier alpha value is -1.72. The van der Waals surface area contributed by atoms with Gasteiger partial charge in [0.1, 0.15) is 19.2 Å². The van der Waals surface area contributed by atoms with Crippen LogP contribution in [0.15, 0.2) is 18.2 Å². The predicted octanol–water partition coefficient (Wildman–Crippen LogP) is 8.83. The predicted molar refractivity (Wildman–Crippen MR) is 218 cm³/mol. The maximum Gasteiger partial charge on any atom is 0.412 e. The first-order chi connectivity index (χ1) is 25.7. The van der Waals surface area contributed by atoms with Crippen molar-refractivity contribution in [1.82, 2.24) is 15.1 Å². The number of Topliss-reactive ketones (excluding diaryl/α,β-unsaturated/α-hetero) is 1. The van der Waals surface area contributed by atoms with Crippen LogP contribution in [0.25, 0.3) is 0 Å². The first kappa shape index (κ1) is 46.0. The van der Waals surface area contributed by atoms with Crippen molar-refractivity contribution in [2.75, 3.05) is 39.0 Å². The number of thiol groups is 1. The van der Waals surface area contributed by atoms with Gasteiger partial charge < -0.3 is 19.9 Å². The summed E-state index contributed by atoms with van der Waals surface area (Å²) in [6.45, 7) is 15.5. The molecule has 1 N–H and O–H groups in total. The average molecular weight is 790 g/mol. The summed E-state index contributed by atoms with van der Waals surface area (Å²) in [5.74, 6) is -2.35. The van der Waals surface area contributed by atoms with Crippen LogP contribution in [0.2, 0.25) is 0 Å². The third-order valence-electron chi connectivity index (χ3n) is 13.8. The summed E-state index contributed by atoms with van der Waals surface area (Å²) >= 11 is 3.72. The maximum absolute atomic E-state index is 14.4. The Labute approximate surface area is 336 Å². The van der Waals surface area contributed by atoms with Crippen LogP contribution in [-0.2, 0) is 11.2 Å². The number of ether oxygens (including phenoxy) is 1. The number of hydrogen-bond acceptors (Lipinski definition) is 6. The van der Waals surface area contributed by atoms with Crippen molar-refractivity contribution in [3.63, 3.8) is 0 Å². The van der Waals surface area contributed by atoms with Crippen molar-refractivity contribution in [3.8, 4) is 5.75 Å². The Kier molecular flexibility index (Phi) is 16.2. The standard InChI is InChI=1S/C30H42FN3O3.C7H16.C5H7B2F3S/c1-30-12-7-24-23-6-4-22(17-19(23)3-5-25(24)26(30)18-27(31)28(30)35)37-29(36)32-20-8-15-34(16-9-20)21-10-13-33(2)14-11-21;1-5-7(3,4)6-2;6-4(8,2-1-3-11)5(7,9)10/h4,6,17,20-21,24-27H,3,5,7-16,18H2,1-2H3,(H,32,36);5-6H2,1-4H3;11H,1-3H2. The van der Waals surface area contributed by atoms with Crippen LogP contribution >= 0.6 is 12.6 Å². The van der Waals surface area contributed by atoms with Gasteiger partial charge in [-0.05, 0) is 143 Å². The van der Waals surface area contributed by atoms with Crippen LogP contribution in [0, 0.1) is 22.7 Å². The Morgan fingerprint density at radius 1 is 1.02 bits per heavy atom. The third kappa shape index (κ3) is 11.7. The molecular weight excluding hydrogens is 724 g/mol. The summed E-state index contributed by atoms with van der Waals surface area (Å²) in [6.07, 6.45) is 9.01. The number of hydrogen-bond donors (Lipinski definition) is 2. The molecule has 55 heavy (non-hydrogen) atoms. The third-order valence-corrected chi connectivity index (χ3v) is 14.1. The van der Waals surface area contributed by atoms with E-state index in [4.69, 9.17) is 4.74 Å². The summed E-state index contributed by atoms with van der Waals surface area (Å²) in [7, 11) is 11.0. The quantitative estimate of drug-likeness (QED) is 0.149. The van der Waals surface area contributed by atoms with Crippen molar-refractivity contribution in [2.24, 2.45) is 22.7 Å². The number of amides is 1. The van der Waals surface area contributed by atoms with Crippen LogP contribution in [0.1, 0.15) is 129 Å². The van der Waals surface area contributed by atoms with Crippen molar-refractivity contribution >= 4 is 40.2 Å². The molecule has 1 amide bonds. The molecular formula is C42H65B2F4N3O3S. The molecule has 1 aromatic carbocycles. The number of likely N-dealkylation sites (tertiary alicyclic amines) is 2. The molecule has 6 atom stereocenters. The van der Waals surface area contributed by atoms with E-state index in [1.165, 1.54) is 49.9 Å². The molecule has 5 aliphatic rings. The molecule has 306 valence electrons. The van der Waals surface area contributed by atoms with Crippen molar-refractivity contribution < 1.29 is 31.9 Å². The van der Waals surface area contributed by atoms with Crippen molar-refractivity contribution in [2.45, 2.75) is 154 Å². The van der Waals surface area contributed by atoms with Gasteiger partial charge in [-0.2, -0.15) is 12.6 Å². The van der Waals surface area contributed by atoms with Gasteiger partial charge in [0.15, 0.2) is 19.8 Å². The molecule has 6 rings (SSSR count). The van der Waals surface area contributed by atoms with Gasteiger partial charge in [-0.15, -0.1) is 0 Å². The van der Waals surface area contributed by atoms with Crippen LogP contribution < -0.4 is 10.1 Å². The Morgan fingerprint density at radius 2 is 1.65 bits per heavy atom. The SMILES string of the molecule is CCC(C)(C)CC.CN1CCC(N2CCC(NC(=O)Oc3ccc4c(c3)CCC3C4CCC4(C)C(=O)C(F)CC34)CC2)CC1.[B]C(F)(F)C([B])(F)CCCS. The molecule has 2 saturated carbocycles. The molecule has 0 aromatic heterocycles. The van der Waals surface area contributed by atoms with E-state index in [-0.39, 0.29) is 30.3 Å². The zero-order chi connectivity index (χ0) is 40.8. The normalized spacial score (nSPS) is 29.0. The van der Waals surface area contributed by atoms with Gasteiger partial charge in [-0.1, -0.05) is 53.5 Å². The number of nitrogens with zero attached hydrogens (tertiary/aromatic N) is 2. The second-order valence-electron chi connectivity index (χ2n) is 17.9. The summed E-state index contributed by atoms with van der Waals surface area (Å²) < 4.78 is 56.9. The van der Waals surface area contributed by atoms with Gasteiger partial charge in [0.25, 0.3) is 0 Å². The fourth-order valence-corrected chi connectivity index (χ4v) is 9.35. The lowest BCUT2D eigenvalue weighted by molar-refractivity contribution is -0.132. The van der Waals surface area contributed by atoms with Crippen molar-refractivity contribution in [1.29, 1.82) is 0 Å². The number of halogens is 4. The van der Waals surface area contributed by atoms with Crippen LogP contribution in [0.4, 0.5) is 22.4 Å². The fourth-order valence-electron chi connectivity index (χ4n) is 9.20. The summed E-state index contributed by atoms with van der Waals surface area (Å²) in [6, 6.07) is 6.90. The molecule has 6 nitrogen and oxygen atoms in total. The maximum atomic E-state index is 14.4. The van der Waals surface area contributed by atoms with E-state index >= 15 is 0 Å². The lowest BCUT2D eigenvalue weighted by atomic mass is 9.55. The average Bonchev–Trinajstić information content (AvgIpc) is 3.38. The Morgan fingerprint density at radius 3 is 2.22 bits per heavy atom. The number of ketones is 1. The van der Waals surface area contributed by atoms with Crippen molar-refractivity contribution in [3.05, 3.63) is 29.3 Å². The van der Waals surface area contributed by atoms with E-state index in [2.05, 4.69) is 84.2 Å². The highest BCUT2D eigenvalue weighted by Gasteiger charge is 2.58. The van der Waals surface area contributed by atoms with E-state index in [0.29, 0.717) is 41.2 Å². The number of carbonyl (C=O) groups is 2. The first-order valence-electron chi connectivity index (χ1n) is 20.7. The molecule has 0 bridgehead atoms. The smallest absolute Gasteiger partial charge is 0.410 e. The minimum Gasteiger partial charge on any atom is -0.410 e. The number of piperidine rings is 2. The molecule has 13 heteroatoms. The van der Waals surface area contributed by atoms with E-state index in [1.54, 1.807) is 0 Å². The minimum absolute atomic E-state index is 0.148. The highest BCUT2D eigenvalue weighted by molar-refractivity contribution is 7.80. The van der Waals surface area contributed by atoms with Crippen LogP contribution in [0.5, 0.6) is 5.75 Å². The lowest BCUT2D eigenvalue weighted by Gasteiger charge is -2.48. The molecule has 2 saturated heterocycles. The lowest BCUT2D eigenvalue weighted by Crippen LogP contribution is -2.51. The molecule has 0 spiro atoms. The molecule has 4 radical (unpaired) electrons. The van der Waals surface area contributed by atoms with Gasteiger partial charge in [-0.25, -0.2) is 22.4 Å². The minimum atomic E-state index is -3.98. The van der Waals surface area contributed by atoms with Gasteiger partial charge >= 0.3 is 6.09 Å². The number of benzene rings is 1. The van der Waals surface area contributed by atoms with E-state index < -0.39 is 29.4 Å². The van der Waals surface area contributed by atoms with E-state index in [9.17, 15) is 27.2 Å². The molecule has 4 fully saturated rings. The summed E-state index contributed by atoms with van der Waals surface area (Å²) in [5, 5.41) is 3.10. The second-order valence-corrected chi connectivity index (χ2v) is 18.3. The summed E-state index contributed by atoms with van der Waals surface area (Å²) in [4.78, 5) is 30.2. The molecule has 3 aliphatic carbocycles. The second kappa shape index (κ2) is 19.4. The van der Waals surface area contributed by atoms with Crippen LogP contribution in [0.3, 0.4) is 0 Å². The highest BCUT2D eigenvalue weighted by Crippen LogP contribution is 2.60. The summed E-state index contributed by atoms with van der Waals surface area (Å²) in [5.41, 5.74) is -0.470. The van der Waals surface area contributed by atoms with Gasteiger partial charge in [0, 0.05) is 30.6 Å². The van der Waals surface area contributed by atoms with Gasteiger partial charge in [0.2, 0.25) is 5.82 Å². The zero-order valence-corrected chi connectivity index (χ0v) is 35.1. The topological polar surface area (TPSA) is 61.9 Å². The fraction of sp³-hybridized carbons (Fsp3) is 0.810. The van der Waals surface area contributed by atoms with E-state index in [0.717, 1.165) is 51.6 Å². The number of rotatable bonds is 9. The van der Waals surface area contributed by atoms with Crippen LogP contribution in [-0.4, -0.2) is 106 Å². The largest absolute Gasteiger partial charge is 0.412 e. The number of carbonyl (C=O) groups excluding carboxylic acids is 2. The molecule has 1 aromatic rings.